The predicted octanol–water partition coefficient (Wildman–Crippen LogP) is 4.28. The molecule has 4 aromatic rings. The highest BCUT2D eigenvalue weighted by Crippen LogP contribution is 2.38. The second-order valence-electron chi connectivity index (χ2n) is 8.20. The first-order valence-corrected chi connectivity index (χ1v) is 11.8. The number of nitrogens with two attached hydrogens (primary N) is 1. The van der Waals surface area contributed by atoms with Gasteiger partial charge in [0.1, 0.15) is 11.6 Å². The maximum Gasteiger partial charge on any atom is 0.254 e. The van der Waals surface area contributed by atoms with Crippen LogP contribution in [0.4, 0.5) is 5.82 Å². The molecule has 1 atom stereocenters. The molecule has 1 aliphatic rings. The summed E-state index contributed by atoms with van der Waals surface area (Å²) in [7, 11) is 0. The quantitative estimate of drug-likeness (QED) is 0.356. The summed E-state index contributed by atoms with van der Waals surface area (Å²) >= 11 is 2.15. The minimum atomic E-state index is -0.357. The highest BCUT2D eigenvalue weighted by molar-refractivity contribution is 14.1. The molecule has 166 valence electrons. The molecular formula is C24H22IN7O. The van der Waals surface area contributed by atoms with Crippen molar-refractivity contribution >= 4 is 45.2 Å². The summed E-state index contributed by atoms with van der Waals surface area (Å²) in [5, 5.41) is 9.63. The van der Waals surface area contributed by atoms with E-state index in [1.165, 1.54) is 12.8 Å². The van der Waals surface area contributed by atoms with Crippen LogP contribution in [0, 0.1) is 3.57 Å². The fourth-order valence-electron chi connectivity index (χ4n) is 3.74. The lowest BCUT2D eigenvalue weighted by Gasteiger charge is -2.28. The summed E-state index contributed by atoms with van der Waals surface area (Å²) in [5.74, 6) is 1.44. The lowest BCUT2D eigenvalue weighted by Crippen LogP contribution is -2.34. The number of hydrogen-bond acceptors (Lipinski definition) is 7. The molecule has 1 unspecified atom stereocenters. The van der Waals surface area contributed by atoms with Gasteiger partial charge in [-0.2, -0.15) is 10.2 Å². The van der Waals surface area contributed by atoms with E-state index < -0.39 is 0 Å². The van der Waals surface area contributed by atoms with E-state index in [2.05, 4.69) is 47.7 Å². The molecule has 1 saturated carbocycles. The van der Waals surface area contributed by atoms with Crippen LogP contribution >= 0.6 is 22.6 Å². The van der Waals surface area contributed by atoms with Crippen LogP contribution in [0.15, 0.2) is 54.9 Å². The highest BCUT2D eigenvalue weighted by Gasteiger charge is 2.27. The normalized spacial score (nSPS) is 14.2. The molecular weight excluding hydrogens is 529 g/mol. The van der Waals surface area contributed by atoms with Gasteiger partial charge in [-0.1, -0.05) is 0 Å². The molecule has 9 heteroatoms. The van der Waals surface area contributed by atoms with E-state index in [0.29, 0.717) is 29.7 Å². The van der Waals surface area contributed by atoms with Crippen LogP contribution in [0.2, 0.25) is 0 Å². The third-order valence-electron chi connectivity index (χ3n) is 5.80. The minimum absolute atomic E-state index is 0.142. The van der Waals surface area contributed by atoms with E-state index in [0.717, 1.165) is 25.9 Å². The first-order valence-electron chi connectivity index (χ1n) is 10.8. The van der Waals surface area contributed by atoms with Gasteiger partial charge in [-0.3, -0.25) is 4.79 Å². The fourth-order valence-corrected chi connectivity index (χ4v) is 4.20. The van der Waals surface area contributed by atoms with E-state index in [1.807, 2.05) is 37.3 Å². The van der Waals surface area contributed by atoms with Crippen molar-refractivity contribution in [2.45, 2.75) is 38.3 Å². The standard InChI is InChI=1S/C24H22IN7O/c1-14(23-27-9-2-10-28-23)32(13-18-6-8-21(31-30-18)15-3-4-15)24(33)16-5-7-20-17(11-16)12-19(25)22(26)29-20/h2,5-12,14-15H,3-4,13H2,1H3,(H2,26,29). The van der Waals surface area contributed by atoms with E-state index in [4.69, 9.17) is 5.73 Å². The molecule has 0 aliphatic heterocycles. The van der Waals surface area contributed by atoms with Gasteiger partial charge in [0, 0.05) is 29.3 Å². The Morgan fingerprint density at radius 2 is 1.94 bits per heavy atom. The maximum absolute atomic E-state index is 13.7. The van der Waals surface area contributed by atoms with Gasteiger partial charge in [0.2, 0.25) is 0 Å². The monoisotopic (exact) mass is 551 g/mol. The molecule has 1 aromatic carbocycles. The number of rotatable bonds is 6. The van der Waals surface area contributed by atoms with Crippen molar-refractivity contribution in [2.24, 2.45) is 0 Å². The lowest BCUT2D eigenvalue weighted by atomic mass is 10.1. The minimum Gasteiger partial charge on any atom is -0.383 e. The van der Waals surface area contributed by atoms with Crippen molar-refractivity contribution in [1.29, 1.82) is 0 Å². The highest BCUT2D eigenvalue weighted by atomic mass is 127. The van der Waals surface area contributed by atoms with E-state index in [-0.39, 0.29) is 11.9 Å². The Labute approximate surface area is 204 Å². The molecule has 2 N–H and O–H groups in total. The van der Waals surface area contributed by atoms with Gasteiger partial charge in [0.15, 0.2) is 0 Å². The molecule has 1 amide bonds. The number of halogens is 1. The molecule has 0 spiro atoms. The first-order chi connectivity index (χ1) is 16.0. The van der Waals surface area contributed by atoms with Crippen molar-refractivity contribution in [3.8, 4) is 0 Å². The van der Waals surface area contributed by atoms with Crippen LogP contribution in [-0.2, 0) is 6.54 Å². The zero-order chi connectivity index (χ0) is 22.9. The van der Waals surface area contributed by atoms with Gasteiger partial charge in [-0.05, 0) is 84.8 Å². The molecule has 3 heterocycles. The molecule has 33 heavy (non-hydrogen) atoms. The maximum atomic E-state index is 13.7. The van der Waals surface area contributed by atoms with Gasteiger partial charge in [0.05, 0.1) is 33.1 Å². The Balaban J connectivity index is 1.49. The number of nitrogen functional groups attached to an aromatic ring is 1. The molecule has 0 bridgehead atoms. The fraction of sp³-hybridized carbons (Fsp3) is 0.250. The van der Waals surface area contributed by atoms with Crippen LogP contribution in [0.1, 0.15) is 59.3 Å². The number of fused-ring (bicyclic) bond motifs is 1. The molecule has 5 rings (SSSR count). The number of hydrogen-bond donors (Lipinski definition) is 1. The molecule has 3 aromatic heterocycles. The van der Waals surface area contributed by atoms with Crippen molar-refractivity contribution in [3.63, 3.8) is 0 Å². The smallest absolute Gasteiger partial charge is 0.254 e. The number of aromatic nitrogens is 5. The number of carbonyl (C=O) groups excluding carboxylic acids is 1. The molecule has 0 radical (unpaired) electrons. The van der Waals surface area contributed by atoms with E-state index >= 15 is 0 Å². The van der Waals surface area contributed by atoms with E-state index in [9.17, 15) is 4.79 Å². The second-order valence-corrected chi connectivity index (χ2v) is 9.36. The topological polar surface area (TPSA) is 111 Å². The average molecular weight is 551 g/mol. The number of pyridine rings is 1. The van der Waals surface area contributed by atoms with Gasteiger partial charge in [-0.15, -0.1) is 0 Å². The van der Waals surface area contributed by atoms with Gasteiger partial charge in [-0.25, -0.2) is 15.0 Å². The number of nitrogens with zero attached hydrogens (tertiary/aromatic N) is 6. The van der Waals surface area contributed by atoms with Crippen LogP contribution < -0.4 is 5.73 Å². The van der Waals surface area contributed by atoms with Crippen LogP contribution in [-0.4, -0.2) is 36.0 Å². The Morgan fingerprint density at radius 1 is 1.15 bits per heavy atom. The Morgan fingerprint density at radius 3 is 2.64 bits per heavy atom. The lowest BCUT2D eigenvalue weighted by molar-refractivity contribution is 0.0663. The first kappa shape index (κ1) is 21.6. The summed E-state index contributed by atoms with van der Waals surface area (Å²) in [6.07, 6.45) is 5.70. The second kappa shape index (κ2) is 8.97. The number of benzene rings is 1. The molecule has 1 fully saturated rings. The molecule has 1 aliphatic carbocycles. The van der Waals surface area contributed by atoms with Gasteiger partial charge in [0.25, 0.3) is 5.91 Å². The summed E-state index contributed by atoms with van der Waals surface area (Å²) < 4.78 is 0.846. The summed E-state index contributed by atoms with van der Waals surface area (Å²) in [6, 6.07) is 12.7. The van der Waals surface area contributed by atoms with Crippen molar-refractivity contribution in [1.82, 2.24) is 30.0 Å². The van der Waals surface area contributed by atoms with Crippen molar-refractivity contribution in [2.75, 3.05) is 5.73 Å². The molecule has 0 saturated heterocycles. The van der Waals surface area contributed by atoms with Crippen LogP contribution in [0.3, 0.4) is 0 Å². The largest absolute Gasteiger partial charge is 0.383 e. The van der Waals surface area contributed by atoms with Gasteiger partial charge >= 0.3 is 0 Å². The zero-order valence-electron chi connectivity index (χ0n) is 18.0. The zero-order valence-corrected chi connectivity index (χ0v) is 20.2. The summed E-state index contributed by atoms with van der Waals surface area (Å²) in [4.78, 5) is 28.6. The van der Waals surface area contributed by atoms with Crippen molar-refractivity contribution < 1.29 is 4.79 Å². The Hall–Kier alpha value is -3.21. The molecule has 8 nitrogen and oxygen atoms in total. The SMILES string of the molecule is CC(c1ncccn1)N(Cc1ccc(C2CC2)nn1)C(=O)c1ccc2nc(N)c(I)cc2c1. The number of carbonyl (C=O) groups is 1. The van der Waals surface area contributed by atoms with Crippen LogP contribution in [0.5, 0.6) is 0 Å². The summed E-state index contributed by atoms with van der Waals surface area (Å²) in [6.45, 7) is 2.22. The van der Waals surface area contributed by atoms with Crippen molar-refractivity contribution in [3.05, 3.63) is 81.2 Å². The Bertz CT molecular complexity index is 1310. The third kappa shape index (κ3) is 4.63. The Kier molecular flexibility index (Phi) is 5.88. The van der Waals surface area contributed by atoms with E-state index in [1.54, 1.807) is 29.4 Å². The number of amides is 1. The third-order valence-corrected chi connectivity index (χ3v) is 6.66. The summed E-state index contributed by atoms with van der Waals surface area (Å²) in [5.41, 5.74) is 8.98. The van der Waals surface area contributed by atoms with Crippen LogP contribution in [0.25, 0.3) is 10.9 Å². The number of anilines is 1. The average Bonchev–Trinajstić information content (AvgIpc) is 3.69. The van der Waals surface area contributed by atoms with Gasteiger partial charge < -0.3 is 10.6 Å². The predicted molar refractivity (Wildman–Crippen MR) is 133 cm³/mol.